The van der Waals surface area contributed by atoms with E-state index < -0.39 is 0 Å². The largest absolute Gasteiger partial charge is 0.451 e. The van der Waals surface area contributed by atoms with E-state index >= 15 is 0 Å². The van der Waals surface area contributed by atoms with Crippen molar-refractivity contribution >= 4 is 23.0 Å². The minimum Gasteiger partial charge on any atom is -0.451 e. The number of oxazole rings is 2. The summed E-state index contributed by atoms with van der Waals surface area (Å²) in [4.78, 5) is 24.7. The summed E-state index contributed by atoms with van der Waals surface area (Å²) in [5, 5.41) is 0. The first kappa shape index (κ1) is 15.7. The number of piperidine rings is 1. The van der Waals surface area contributed by atoms with Crippen molar-refractivity contribution in [2.45, 2.75) is 12.8 Å². The van der Waals surface area contributed by atoms with Gasteiger partial charge in [0.05, 0.1) is 0 Å². The molecule has 1 aromatic carbocycles. The van der Waals surface area contributed by atoms with Crippen molar-refractivity contribution in [3.63, 3.8) is 0 Å². The molecule has 1 amide bonds. The number of amides is 1. The lowest BCUT2D eigenvalue weighted by Gasteiger charge is -2.33. The van der Waals surface area contributed by atoms with Gasteiger partial charge in [-0.3, -0.25) is 4.79 Å². The summed E-state index contributed by atoms with van der Waals surface area (Å²) in [5.74, 6) is 0.248. The molecule has 0 saturated carbocycles. The van der Waals surface area contributed by atoms with Crippen molar-refractivity contribution in [2.75, 3.05) is 31.6 Å². The molecule has 1 unspecified atom stereocenters. The maximum atomic E-state index is 12.3. The molecule has 0 bridgehead atoms. The van der Waals surface area contributed by atoms with Crippen molar-refractivity contribution in [3.05, 3.63) is 42.6 Å². The molecule has 3 aromatic rings. The number of para-hydroxylation sites is 2. The number of hydrogen-bond donors (Lipinski definition) is 0. The molecule has 25 heavy (non-hydrogen) atoms. The Labute approximate surface area is 145 Å². The molecule has 2 aromatic heterocycles. The first-order chi connectivity index (χ1) is 12.2. The topological polar surface area (TPSA) is 75.6 Å². The number of carbonyl (C=O) groups excluding carboxylic acids is 1. The van der Waals surface area contributed by atoms with Gasteiger partial charge in [0.1, 0.15) is 11.8 Å². The van der Waals surface area contributed by atoms with Gasteiger partial charge in [0.15, 0.2) is 17.7 Å². The van der Waals surface area contributed by atoms with Crippen LogP contribution >= 0.6 is 0 Å². The number of aromatic nitrogens is 2. The van der Waals surface area contributed by atoms with E-state index in [1.165, 1.54) is 12.7 Å². The van der Waals surface area contributed by atoms with Gasteiger partial charge in [-0.1, -0.05) is 12.1 Å². The van der Waals surface area contributed by atoms with Crippen molar-refractivity contribution in [2.24, 2.45) is 5.92 Å². The summed E-state index contributed by atoms with van der Waals surface area (Å²) in [6, 6.07) is 8.45. The Kier molecular flexibility index (Phi) is 4.13. The van der Waals surface area contributed by atoms with Gasteiger partial charge in [-0.25, -0.2) is 4.98 Å². The summed E-state index contributed by atoms with van der Waals surface area (Å²) >= 11 is 0. The Bertz CT molecular complexity index is 825. The Morgan fingerprint density at radius 3 is 3.08 bits per heavy atom. The van der Waals surface area contributed by atoms with E-state index in [1.54, 1.807) is 11.9 Å². The zero-order valence-corrected chi connectivity index (χ0v) is 14.1. The highest BCUT2D eigenvalue weighted by molar-refractivity contribution is 5.91. The van der Waals surface area contributed by atoms with Crippen molar-refractivity contribution in [3.8, 4) is 0 Å². The number of carbonyl (C=O) groups is 1. The molecular weight excluding hydrogens is 320 g/mol. The van der Waals surface area contributed by atoms with E-state index in [4.69, 9.17) is 8.83 Å². The molecule has 130 valence electrons. The lowest BCUT2D eigenvalue weighted by molar-refractivity contribution is 0.0761. The number of benzene rings is 1. The molecule has 0 aliphatic carbocycles. The summed E-state index contributed by atoms with van der Waals surface area (Å²) in [6.07, 6.45) is 4.78. The second-order valence-electron chi connectivity index (χ2n) is 6.48. The van der Waals surface area contributed by atoms with Gasteiger partial charge in [0.25, 0.3) is 11.9 Å². The van der Waals surface area contributed by atoms with E-state index in [0.29, 0.717) is 24.2 Å². The van der Waals surface area contributed by atoms with Gasteiger partial charge in [0, 0.05) is 26.7 Å². The van der Waals surface area contributed by atoms with E-state index in [-0.39, 0.29) is 5.91 Å². The van der Waals surface area contributed by atoms with Crippen LogP contribution < -0.4 is 4.90 Å². The Balaban J connectivity index is 1.43. The average molecular weight is 340 g/mol. The molecule has 3 heterocycles. The van der Waals surface area contributed by atoms with Crippen LogP contribution in [-0.4, -0.2) is 47.5 Å². The van der Waals surface area contributed by atoms with Crippen LogP contribution in [0.2, 0.25) is 0 Å². The monoisotopic (exact) mass is 340 g/mol. The van der Waals surface area contributed by atoms with Crippen LogP contribution in [0.15, 0.2) is 45.8 Å². The van der Waals surface area contributed by atoms with Gasteiger partial charge in [-0.2, -0.15) is 4.98 Å². The number of nitrogens with zero attached hydrogens (tertiary/aromatic N) is 4. The Morgan fingerprint density at radius 2 is 2.28 bits per heavy atom. The Hall–Kier alpha value is -2.83. The van der Waals surface area contributed by atoms with Crippen LogP contribution in [0.4, 0.5) is 6.01 Å². The molecule has 7 heteroatoms. The Morgan fingerprint density at radius 1 is 1.40 bits per heavy atom. The molecule has 0 N–H and O–H groups in total. The fraction of sp³-hybridized carbons (Fsp3) is 0.389. The summed E-state index contributed by atoms with van der Waals surface area (Å²) in [6.45, 7) is 2.41. The van der Waals surface area contributed by atoms with Crippen molar-refractivity contribution in [1.29, 1.82) is 0 Å². The van der Waals surface area contributed by atoms with E-state index in [2.05, 4.69) is 14.9 Å². The number of anilines is 1. The third-order valence-electron chi connectivity index (χ3n) is 4.60. The number of hydrogen-bond acceptors (Lipinski definition) is 6. The van der Waals surface area contributed by atoms with Gasteiger partial charge >= 0.3 is 0 Å². The van der Waals surface area contributed by atoms with Gasteiger partial charge < -0.3 is 18.6 Å². The van der Waals surface area contributed by atoms with E-state index in [1.807, 2.05) is 24.3 Å². The van der Waals surface area contributed by atoms with Crippen molar-refractivity contribution < 1.29 is 13.6 Å². The van der Waals surface area contributed by atoms with Crippen LogP contribution in [0.25, 0.3) is 11.1 Å². The second-order valence-corrected chi connectivity index (χ2v) is 6.48. The molecule has 0 spiro atoms. The molecule has 1 aliphatic rings. The normalized spacial score (nSPS) is 17.8. The van der Waals surface area contributed by atoms with Gasteiger partial charge in [-0.05, 0) is 30.9 Å². The molecule has 1 fully saturated rings. The predicted octanol–water partition coefficient (Wildman–Crippen LogP) is 2.80. The highest BCUT2D eigenvalue weighted by Gasteiger charge is 2.26. The fourth-order valence-electron chi connectivity index (χ4n) is 3.37. The van der Waals surface area contributed by atoms with Crippen LogP contribution in [0.1, 0.15) is 23.3 Å². The number of rotatable bonds is 4. The zero-order chi connectivity index (χ0) is 17.2. The third kappa shape index (κ3) is 3.22. The highest BCUT2D eigenvalue weighted by Crippen LogP contribution is 2.26. The smallest absolute Gasteiger partial charge is 0.298 e. The predicted molar refractivity (Wildman–Crippen MR) is 92.4 cm³/mol. The average Bonchev–Trinajstić information content (AvgIpc) is 3.30. The van der Waals surface area contributed by atoms with Crippen LogP contribution in [-0.2, 0) is 0 Å². The first-order valence-corrected chi connectivity index (χ1v) is 8.45. The lowest BCUT2D eigenvalue weighted by Crippen LogP contribution is -2.41. The van der Waals surface area contributed by atoms with E-state index in [0.717, 1.165) is 37.0 Å². The van der Waals surface area contributed by atoms with Crippen LogP contribution in [0, 0.1) is 5.92 Å². The quantitative estimate of drug-likeness (QED) is 0.727. The zero-order valence-electron chi connectivity index (χ0n) is 14.1. The number of fused-ring (bicyclic) bond motifs is 1. The molecular formula is C18H20N4O3. The van der Waals surface area contributed by atoms with E-state index in [9.17, 15) is 4.79 Å². The molecule has 1 saturated heterocycles. The molecule has 1 aliphatic heterocycles. The third-order valence-corrected chi connectivity index (χ3v) is 4.60. The minimum absolute atomic E-state index is 0.118. The molecule has 0 radical (unpaired) electrons. The van der Waals surface area contributed by atoms with Crippen LogP contribution in [0.3, 0.4) is 0 Å². The first-order valence-electron chi connectivity index (χ1n) is 8.45. The molecule has 7 nitrogen and oxygen atoms in total. The van der Waals surface area contributed by atoms with Crippen molar-refractivity contribution in [1.82, 2.24) is 14.9 Å². The SMILES string of the molecule is CN(CC1CCCN(c2nc3ccccc3o2)C1)C(=O)c1cocn1. The van der Waals surface area contributed by atoms with Gasteiger partial charge in [-0.15, -0.1) is 0 Å². The summed E-state index contributed by atoms with van der Waals surface area (Å²) in [7, 11) is 1.80. The lowest BCUT2D eigenvalue weighted by atomic mass is 9.98. The minimum atomic E-state index is -0.118. The maximum absolute atomic E-state index is 12.3. The maximum Gasteiger partial charge on any atom is 0.298 e. The standard InChI is InChI=1S/C18H20N4O3/c1-21(17(23)15-11-24-12-19-15)9-13-5-4-8-22(10-13)18-20-14-6-2-3-7-16(14)25-18/h2-3,6-7,11-13H,4-5,8-10H2,1H3. The summed E-state index contributed by atoms with van der Waals surface area (Å²) in [5.41, 5.74) is 2.02. The highest BCUT2D eigenvalue weighted by atomic mass is 16.4. The molecule has 4 rings (SSSR count). The summed E-state index contributed by atoms with van der Waals surface area (Å²) < 4.78 is 10.8. The van der Waals surface area contributed by atoms with Crippen LogP contribution in [0.5, 0.6) is 0 Å². The van der Waals surface area contributed by atoms with Gasteiger partial charge in [0.2, 0.25) is 0 Å². The molecule has 1 atom stereocenters. The fourth-order valence-corrected chi connectivity index (χ4v) is 3.37. The second kappa shape index (κ2) is 6.58.